The third kappa shape index (κ3) is 4.68. The maximum absolute atomic E-state index is 11.2. The van der Waals surface area contributed by atoms with E-state index in [0.717, 1.165) is 12.8 Å². The predicted molar refractivity (Wildman–Crippen MR) is 56.1 cm³/mol. The first kappa shape index (κ1) is 11.8. The molecule has 0 saturated heterocycles. The first-order valence-electron chi connectivity index (χ1n) is 5.29. The standard InChI is InChI=1S/C11H18N2O2/c1-11(2,3)15-10(14)13-5-4-8-6-9(8)7-12/h8-9H,4-6H2,1-3H3,(H,13,14)/t8-,9-/m0/s1. The highest BCUT2D eigenvalue weighted by Crippen LogP contribution is 2.39. The number of carbonyl (C=O) groups excluding carboxylic acids is 1. The molecule has 1 rings (SSSR count). The van der Waals surface area contributed by atoms with Crippen LogP contribution < -0.4 is 5.32 Å². The molecule has 1 amide bonds. The number of nitriles is 1. The van der Waals surface area contributed by atoms with Gasteiger partial charge in [0.25, 0.3) is 0 Å². The molecular weight excluding hydrogens is 192 g/mol. The second-order valence-corrected chi connectivity index (χ2v) is 4.95. The van der Waals surface area contributed by atoms with Crippen LogP contribution in [0.5, 0.6) is 0 Å². The van der Waals surface area contributed by atoms with E-state index in [0.29, 0.717) is 12.5 Å². The van der Waals surface area contributed by atoms with Gasteiger partial charge in [-0.05, 0) is 39.5 Å². The van der Waals surface area contributed by atoms with Crippen molar-refractivity contribution in [1.29, 1.82) is 5.26 Å². The van der Waals surface area contributed by atoms with Crippen molar-refractivity contribution in [1.82, 2.24) is 5.32 Å². The molecule has 0 aromatic rings. The molecule has 1 aliphatic carbocycles. The molecule has 0 aromatic heterocycles. The van der Waals surface area contributed by atoms with E-state index in [-0.39, 0.29) is 12.0 Å². The lowest BCUT2D eigenvalue weighted by atomic mass is 10.2. The molecule has 1 N–H and O–H groups in total. The van der Waals surface area contributed by atoms with Crippen molar-refractivity contribution in [3.8, 4) is 6.07 Å². The number of nitrogens with one attached hydrogen (secondary N) is 1. The summed E-state index contributed by atoms with van der Waals surface area (Å²) < 4.78 is 5.08. The second kappa shape index (κ2) is 4.52. The molecular formula is C11H18N2O2. The van der Waals surface area contributed by atoms with Crippen molar-refractivity contribution < 1.29 is 9.53 Å². The lowest BCUT2D eigenvalue weighted by Gasteiger charge is -2.19. The fourth-order valence-corrected chi connectivity index (χ4v) is 1.40. The quantitative estimate of drug-likeness (QED) is 0.775. The van der Waals surface area contributed by atoms with Crippen molar-refractivity contribution >= 4 is 6.09 Å². The Balaban J connectivity index is 2.06. The van der Waals surface area contributed by atoms with E-state index in [9.17, 15) is 4.79 Å². The summed E-state index contributed by atoms with van der Waals surface area (Å²) in [6.45, 7) is 6.09. The molecule has 84 valence electrons. The van der Waals surface area contributed by atoms with Crippen LogP contribution >= 0.6 is 0 Å². The molecule has 4 nitrogen and oxygen atoms in total. The molecule has 1 aliphatic rings. The first-order chi connectivity index (χ1) is 6.92. The zero-order valence-electron chi connectivity index (χ0n) is 9.54. The lowest BCUT2D eigenvalue weighted by Crippen LogP contribution is -2.33. The lowest BCUT2D eigenvalue weighted by molar-refractivity contribution is 0.0526. The third-order valence-electron chi connectivity index (χ3n) is 2.27. The van der Waals surface area contributed by atoms with Gasteiger partial charge in [-0.2, -0.15) is 5.26 Å². The largest absolute Gasteiger partial charge is 0.444 e. The van der Waals surface area contributed by atoms with E-state index in [4.69, 9.17) is 10.00 Å². The van der Waals surface area contributed by atoms with Crippen molar-refractivity contribution in [3.05, 3.63) is 0 Å². The molecule has 0 spiro atoms. The van der Waals surface area contributed by atoms with Crippen LogP contribution in [0, 0.1) is 23.2 Å². The smallest absolute Gasteiger partial charge is 0.407 e. The van der Waals surface area contributed by atoms with Crippen molar-refractivity contribution in [3.63, 3.8) is 0 Å². The zero-order valence-corrected chi connectivity index (χ0v) is 9.54. The van der Waals surface area contributed by atoms with Crippen LogP contribution in [0.25, 0.3) is 0 Å². The summed E-state index contributed by atoms with van der Waals surface area (Å²) in [5, 5.41) is 11.3. The Bertz CT molecular complexity index is 275. The highest BCUT2D eigenvalue weighted by atomic mass is 16.6. The van der Waals surface area contributed by atoms with Gasteiger partial charge in [0.05, 0.1) is 6.07 Å². The normalized spacial score (nSPS) is 24.1. The molecule has 0 heterocycles. The first-order valence-corrected chi connectivity index (χ1v) is 5.29. The van der Waals surface area contributed by atoms with Crippen LogP contribution in [0.4, 0.5) is 4.79 Å². The van der Waals surface area contributed by atoms with E-state index in [2.05, 4.69) is 11.4 Å². The van der Waals surface area contributed by atoms with E-state index in [1.165, 1.54) is 0 Å². The molecule has 0 bridgehead atoms. The van der Waals surface area contributed by atoms with E-state index < -0.39 is 5.60 Å². The average molecular weight is 210 g/mol. The number of nitrogens with zero attached hydrogens (tertiary/aromatic N) is 1. The van der Waals surface area contributed by atoms with Gasteiger partial charge in [0.2, 0.25) is 0 Å². The Morgan fingerprint density at radius 2 is 2.27 bits per heavy atom. The maximum atomic E-state index is 11.2. The minimum absolute atomic E-state index is 0.213. The molecule has 0 aliphatic heterocycles. The molecule has 2 atom stereocenters. The molecule has 4 heteroatoms. The van der Waals surface area contributed by atoms with E-state index in [1.54, 1.807) is 0 Å². The number of amides is 1. The molecule has 1 saturated carbocycles. The summed E-state index contributed by atoms with van der Waals surface area (Å²) in [5.74, 6) is 0.690. The monoisotopic (exact) mass is 210 g/mol. The predicted octanol–water partition coefficient (Wildman–Crippen LogP) is 2.06. The van der Waals surface area contributed by atoms with Crippen LogP contribution in [0.2, 0.25) is 0 Å². The summed E-state index contributed by atoms with van der Waals surface area (Å²) in [5.41, 5.74) is -0.446. The summed E-state index contributed by atoms with van der Waals surface area (Å²) >= 11 is 0. The Labute approximate surface area is 90.6 Å². The third-order valence-corrected chi connectivity index (χ3v) is 2.27. The number of alkyl carbamates (subject to hydrolysis) is 1. The minimum Gasteiger partial charge on any atom is -0.444 e. The van der Waals surface area contributed by atoms with Gasteiger partial charge in [-0.3, -0.25) is 0 Å². The SMILES string of the molecule is CC(C)(C)OC(=O)NCC[C@H]1C[C@H]1C#N. The summed E-state index contributed by atoms with van der Waals surface area (Å²) in [7, 11) is 0. The number of rotatable bonds is 3. The fraction of sp³-hybridized carbons (Fsp3) is 0.818. The van der Waals surface area contributed by atoms with E-state index in [1.807, 2.05) is 20.8 Å². The van der Waals surface area contributed by atoms with Gasteiger partial charge in [0.15, 0.2) is 0 Å². The summed E-state index contributed by atoms with van der Waals surface area (Å²) in [6.07, 6.45) is 1.47. The summed E-state index contributed by atoms with van der Waals surface area (Å²) in [6, 6.07) is 2.22. The number of hydrogen-bond acceptors (Lipinski definition) is 3. The number of ether oxygens (including phenoxy) is 1. The highest BCUT2D eigenvalue weighted by Gasteiger charge is 2.36. The Kier molecular flexibility index (Phi) is 3.57. The number of hydrogen-bond donors (Lipinski definition) is 1. The van der Waals surface area contributed by atoms with Crippen LogP contribution in [0.15, 0.2) is 0 Å². The van der Waals surface area contributed by atoms with Gasteiger partial charge in [-0.25, -0.2) is 4.79 Å². The maximum Gasteiger partial charge on any atom is 0.407 e. The average Bonchev–Trinajstić information content (AvgIpc) is 2.80. The highest BCUT2D eigenvalue weighted by molar-refractivity contribution is 5.67. The zero-order chi connectivity index (χ0) is 11.5. The Morgan fingerprint density at radius 1 is 1.60 bits per heavy atom. The van der Waals surface area contributed by atoms with Crippen LogP contribution in [0.3, 0.4) is 0 Å². The van der Waals surface area contributed by atoms with Gasteiger partial charge in [0, 0.05) is 12.5 Å². The molecule has 0 aromatic carbocycles. The van der Waals surface area contributed by atoms with Gasteiger partial charge < -0.3 is 10.1 Å². The van der Waals surface area contributed by atoms with Crippen molar-refractivity contribution in [2.24, 2.45) is 11.8 Å². The molecule has 1 fully saturated rings. The van der Waals surface area contributed by atoms with Gasteiger partial charge in [0.1, 0.15) is 5.60 Å². The number of carbonyl (C=O) groups is 1. The fourth-order valence-electron chi connectivity index (χ4n) is 1.40. The topological polar surface area (TPSA) is 62.1 Å². The second-order valence-electron chi connectivity index (χ2n) is 4.95. The summed E-state index contributed by atoms with van der Waals surface area (Å²) in [4.78, 5) is 11.2. The van der Waals surface area contributed by atoms with Crippen LogP contribution in [-0.4, -0.2) is 18.2 Å². The Hall–Kier alpha value is -1.24. The Morgan fingerprint density at radius 3 is 2.73 bits per heavy atom. The van der Waals surface area contributed by atoms with E-state index >= 15 is 0 Å². The van der Waals surface area contributed by atoms with Crippen molar-refractivity contribution in [2.75, 3.05) is 6.54 Å². The van der Waals surface area contributed by atoms with Crippen LogP contribution in [-0.2, 0) is 4.74 Å². The molecule has 0 radical (unpaired) electrons. The minimum atomic E-state index is -0.446. The van der Waals surface area contributed by atoms with Gasteiger partial charge >= 0.3 is 6.09 Å². The van der Waals surface area contributed by atoms with Gasteiger partial charge in [-0.1, -0.05) is 0 Å². The molecule has 15 heavy (non-hydrogen) atoms. The van der Waals surface area contributed by atoms with Gasteiger partial charge in [-0.15, -0.1) is 0 Å². The molecule has 0 unspecified atom stereocenters. The van der Waals surface area contributed by atoms with Crippen molar-refractivity contribution in [2.45, 2.75) is 39.2 Å². The van der Waals surface area contributed by atoms with Crippen LogP contribution in [0.1, 0.15) is 33.6 Å².